The summed E-state index contributed by atoms with van der Waals surface area (Å²) in [7, 11) is 1.82. The lowest BCUT2D eigenvalue weighted by atomic mass is 9.71. The lowest BCUT2D eigenvalue weighted by Crippen LogP contribution is -2.53. The van der Waals surface area contributed by atoms with Crippen molar-refractivity contribution in [1.29, 1.82) is 0 Å². The molecule has 2 saturated heterocycles. The molecule has 0 unspecified atom stereocenters. The Hall–Kier alpha value is -3.32. The molecule has 3 aromatic rings. The molecule has 2 aliphatic rings. The Balaban J connectivity index is 1.30. The van der Waals surface area contributed by atoms with Gasteiger partial charge >= 0.3 is 0 Å². The van der Waals surface area contributed by atoms with Crippen LogP contribution in [0.15, 0.2) is 59.7 Å². The van der Waals surface area contributed by atoms with Crippen LogP contribution in [-0.2, 0) is 11.3 Å². The van der Waals surface area contributed by atoms with Gasteiger partial charge in [-0.15, -0.1) is 0 Å². The van der Waals surface area contributed by atoms with E-state index in [1.165, 1.54) is 0 Å². The molecule has 1 spiro atoms. The van der Waals surface area contributed by atoms with Crippen LogP contribution in [0.3, 0.4) is 0 Å². The minimum Gasteiger partial charge on any atom is -0.355 e. The first-order chi connectivity index (χ1) is 17.1. The maximum Gasteiger partial charge on any atom is 0.229 e. The predicted octanol–water partition coefficient (Wildman–Crippen LogP) is 3.81. The summed E-state index contributed by atoms with van der Waals surface area (Å²) in [4.78, 5) is 32.1. The number of para-hydroxylation sites is 2. The number of carbonyl (C=O) groups is 1. The molecule has 2 aliphatic heterocycles. The summed E-state index contributed by atoms with van der Waals surface area (Å²) in [6, 6.07) is 16.2. The Morgan fingerprint density at radius 2 is 1.77 bits per heavy atom. The van der Waals surface area contributed by atoms with Crippen LogP contribution in [0.25, 0.3) is 11.0 Å². The number of aliphatic imine (C=N–C) groups is 1. The van der Waals surface area contributed by atoms with Gasteiger partial charge in [-0.3, -0.25) is 14.8 Å². The number of fused-ring (bicyclic) bond motifs is 1. The van der Waals surface area contributed by atoms with E-state index < -0.39 is 0 Å². The standard InChI is InChI=1S/C28H34N6O/c1-30-23(11-15-29)22-8-3-2-7-21(22)20-34-16-6-12-28(27(34)35)13-17-33(18-14-28)26-19-31-24-9-4-5-10-25(24)32-26/h2-5,7-10,19H,6,11-18,20,29H2,1H3. The van der Waals surface area contributed by atoms with Crippen molar-refractivity contribution in [3.05, 3.63) is 65.9 Å². The molecule has 3 heterocycles. The number of anilines is 1. The average molecular weight is 471 g/mol. The second-order valence-corrected chi connectivity index (χ2v) is 9.68. The van der Waals surface area contributed by atoms with Crippen molar-refractivity contribution in [2.75, 3.05) is 38.1 Å². The van der Waals surface area contributed by atoms with Gasteiger partial charge in [0.25, 0.3) is 0 Å². The quantitative estimate of drug-likeness (QED) is 0.554. The van der Waals surface area contributed by atoms with Crippen LogP contribution in [0.1, 0.15) is 43.2 Å². The third-order valence-electron chi connectivity index (χ3n) is 7.65. The number of nitrogens with two attached hydrogens (primary N) is 1. The molecule has 2 fully saturated rings. The predicted molar refractivity (Wildman–Crippen MR) is 141 cm³/mol. The highest BCUT2D eigenvalue weighted by molar-refractivity contribution is 6.02. The number of carbonyl (C=O) groups excluding carboxylic acids is 1. The normalized spacial score (nSPS) is 18.5. The fourth-order valence-corrected chi connectivity index (χ4v) is 5.68. The molecule has 7 nitrogen and oxygen atoms in total. The van der Waals surface area contributed by atoms with Crippen molar-refractivity contribution >= 4 is 28.5 Å². The highest BCUT2D eigenvalue weighted by atomic mass is 16.2. The van der Waals surface area contributed by atoms with Crippen molar-refractivity contribution in [2.24, 2.45) is 16.1 Å². The summed E-state index contributed by atoms with van der Waals surface area (Å²) in [5.41, 5.74) is 10.6. The van der Waals surface area contributed by atoms with Crippen LogP contribution in [-0.4, -0.2) is 59.7 Å². The first kappa shape index (κ1) is 23.4. The Labute approximate surface area is 207 Å². The van der Waals surface area contributed by atoms with Gasteiger partial charge in [-0.2, -0.15) is 0 Å². The molecule has 0 saturated carbocycles. The molecule has 0 radical (unpaired) electrons. The summed E-state index contributed by atoms with van der Waals surface area (Å²) >= 11 is 0. The molecule has 0 aliphatic carbocycles. The minimum absolute atomic E-state index is 0.271. The summed E-state index contributed by atoms with van der Waals surface area (Å²) < 4.78 is 0. The van der Waals surface area contributed by atoms with E-state index in [9.17, 15) is 4.79 Å². The van der Waals surface area contributed by atoms with E-state index in [4.69, 9.17) is 10.7 Å². The van der Waals surface area contributed by atoms with Gasteiger partial charge < -0.3 is 15.5 Å². The molecule has 2 N–H and O–H groups in total. The number of hydrogen-bond acceptors (Lipinski definition) is 6. The molecule has 0 bridgehead atoms. The molecule has 35 heavy (non-hydrogen) atoms. The number of benzene rings is 2. The van der Waals surface area contributed by atoms with Crippen LogP contribution >= 0.6 is 0 Å². The first-order valence-corrected chi connectivity index (χ1v) is 12.6. The molecule has 5 rings (SSSR count). The SMILES string of the molecule is CN=C(CCN)c1ccccc1CN1CCCC2(CCN(c3cnc4ccccc4n3)CC2)C1=O. The monoisotopic (exact) mass is 470 g/mol. The average Bonchev–Trinajstić information content (AvgIpc) is 2.90. The third kappa shape index (κ3) is 4.65. The van der Waals surface area contributed by atoms with Crippen molar-refractivity contribution in [2.45, 2.75) is 38.6 Å². The second-order valence-electron chi connectivity index (χ2n) is 9.68. The molecule has 1 amide bonds. The van der Waals surface area contributed by atoms with Crippen LogP contribution in [0, 0.1) is 5.41 Å². The van der Waals surface area contributed by atoms with E-state index in [-0.39, 0.29) is 5.41 Å². The molecule has 0 atom stereocenters. The molecular weight excluding hydrogens is 436 g/mol. The topological polar surface area (TPSA) is 87.7 Å². The van der Waals surface area contributed by atoms with E-state index >= 15 is 0 Å². The van der Waals surface area contributed by atoms with Crippen LogP contribution < -0.4 is 10.6 Å². The lowest BCUT2D eigenvalue weighted by molar-refractivity contribution is -0.148. The van der Waals surface area contributed by atoms with E-state index in [0.29, 0.717) is 19.0 Å². The lowest BCUT2D eigenvalue weighted by Gasteiger charge is -2.46. The van der Waals surface area contributed by atoms with Gasteiger partial charge in [0.15, 0.2) is 0 Å². The van der Waals surface area contributed by atoms with Gasteiger partial charge in [-0.25, -0.2) is 4.98 Å². The van der Waals surface area contributed by atoms with Gasteiger partial charge in [-0.1, -0.05) is 36.4 Å². The third-order valence-corrected chi connectivity index (χ3v) is 7.65. The van der Waals surface area contributed by atoms with Crippen LogP contribution in [0.2, 0.25) is 0 Å². The van der Waals surface area contributed by atoms with E-state index in [1.807, 2.05) is 49.6 Å². The zero-order valence-corrected chi connectivity index (χ0v) is 20.5. The zero-order chi connectivity index (χ0) is 24.3. The minimum atomic E-state index is -0.271. The van der Waals surface area contributed by atoms with Gasteiger partial charge in [0.2, 0.25) is 5.91 Å². The van der Waals surface area contributed by atoms with Gasteiger partial charge in [0.1, 0.15) is 5.82 Å². The van der Waals surface area contributed by atoms with Crippen LogP contribution in [0.4, 0.5) is 5.82 Å². The zero-order valence-electron chi connectivity index (χ0n) is 20.5. The number of amides is 1. The maximum atomic E-state index is 13.8. The van der Waals surface area contributed by atoms with Gasteiger partial charge in [-0.05, 0) is 49.9 Å². The highest BCUT2D eigenvalue weighted by Gasteiger charge is 2.45. The fourth-order valence-electron chi connectivity index (χ4n) is 5.68. The molecule has 1 aromatic heterocycles. The largest absolute Gasteiger partial charge is 0.355 e. The fraction of sp³-hybridized carbons (Fsp3) is 0.429. The number of piperidine rings is 2. The Kier molecular flexibility index (Phi) is 6.77. The van der Waals surface area contributed by atoms with Crippen molar-refractivity contribution < 1.29 is 4.79 Å². The number of rotatable bonds is 6. The molecule has 7 heteroatoms. The number of nitrogens with zero attached hydrogens (tertiary/aromatic N) is 5. The number of aromatic nitrogens is 2. The maximum absolute atomic E-state index is 13.8. The summed E-state index contributed by atoms with van der Waals surface area (Å²) in [6.07, 6.45) is 6.32. The smallest absolute Gasteiger partial charge is 0.229 e. The van der Waals surface area contributed by atoms with Gasteiger partial charge in [0.05, 0.1) is 22.6 Å². The van der Waals surface area contributed by atoms with E-state index in [0.717, 1.165) is 85.4 Å². The number of likely N-dealkylation sites (tertiary alicyclic amines) is 1. The molecule has 182 valence electrons. The van der Waals surface area contributed by atoms with E-state index in [1.54, 1.807) is 0 Å². The van der Waals surface area contributed by atoms with Gasteiger partial charge in [0, 0.05) is 50.9 Å². The molecular formula is C28H34N6O. The highest BCUT2D eigenvalue weighted by Crippen LogP contribution is 2.42. The number of hydrogen-bond donors (Lipinski definition) is 1. The van der Waals surface area contributed by atoms with Crippen molar-refractivity contribution in [3.8, 4) is 0 Å². The summed E-state index contributed by atoms with van der Waals surface area (Å²) in [5, 5.41) is 0. The summed E-state index contributed by atoms with van der Waals surface area (Å²) in [5.74, 6) is 1.20. The van der Waals surface area contributed by atoms with Crippen molar-refractivity contribution in [1.82, 2.24) is 14.9 Å². The molecule has 2 aromatic carbocycles. The Bertz CT molecular complexity index is 1230. The van der Waals surface area contributed by atoms with Crippen molar-refractivity contribution in [3.63, 3.8) is 0 Å². The first-order valence-electron chi connectivity index (χ1n) is 12.6. The van der Waals surface area contributed by atoms with E-state index in [2.05, 4.69) is 31.9 Å². The second kappa shape index (κ2) is 10.1. The van der Waals surface area contributed by atoms with Crippen LogP contribution in [0.5, 0.6) is 0 Å². The Morgan fingerprint density at radius 1 is 1.03 bits per heavy atom. The Morgan fingerprint density at radius 3 is 2.54 bits per heavy atom. The summed E-state index contributed by atoms with van der Waals surface area (Å²) in [6.45, 7) is 3.65.